The van der Waals surface area contributed by atoms with Crippen LogP contribution in [0.15, 0.2) is 12.1 Å². The molecule has 3 rings (SSSR count). The summed E-state index contributed by atoms with van der Waals surface area (Å²) in [5.41, 5.74) is 4.32. The molecule has 3 heteroatoms. The van der Waals surface area contributed by atoms with Crippen LogP contribution in [0.4, 0.5) is 0 Å². The predicted molar refractivity (Wildman–Crippen MR) is 100 cm³/mol. The van der Waals surface area contributed by atoms with E-state index >= 15 is 0 Å². The van der Waals surface area contributed by atoms with Crippen molar-refractivity contribution in [3.63, 3.8) is 0 Å². The minimum atomic E-state index is -0.885. The number of carboxylic acids is 1. The zero-order chi connectivity index (χ0) is 18.4. The van der Waals surface area contributed by atoms with Gasteiger partial charge in [0.1, 0.15) is 0 Å². The van der Waals surface area contributed by atoms with E-state index in [9.17, 15) is 9.90 Å². The predicted octanol–water partition coefficient (Wildman–Crippen LogP) is 5.33. The van der Waals surface area contributed by atoms with Gasteiger partial charge in [-0.1, -0.05) is 19.1 Å². The molecular weight excluding hydrogens is 312 g/mol. The fourth-order valence-corrected chi connectivity index (χ4v) is 4.84. The lowest BCUT2D eigenvalue weighted by molar-refractivity contribution is -0.160. The number of fused-ring (bicyclic) bond motifs is 2. The lowest BCUT2D eigenvalue weighted by atomic mass is 9.66. The van der Waals surface area contributed by atoms with Gasteiger partial charge in [0.15, 0.2) is 6.10 Å². The van der Waals surface area contributed by atoms with Gasteiger partial charge in [0.2, 0.25) is 0 Å². The summed E-state index contributed by atoms with van der Waals surface area (Å²) in [4.78, 5) is 12.1. The monoisotopic (exact) mass is 344 g/mol. The molecular formula is C22H32O3. The summed E-state index contributed by atoms with van der Waals surface area (Å²) in [5.74, 6) is -0.0957. The lowest BCUT2D eigenvalue weighted by Gasteiger charge is -2.40. The molecule has 0 radical (unpaired) electrons. The molecule has 1 spiro atoms. The molecule has 1 atom stereocenters. The van der Waals surface area contributed by atoms with Gasteiger partial charge in [0, 0.05) is 0 Å². The molecule has 0 unspecified atom stereocenters. The van der Waals surface area contributed by atoms with Crippen LogP contribution in [0.25, 0.3) is 0 Å². The second-order valence-electron chi connectivity index (χ2n) is 9.24. The van der Waals surface area contributed by atoms with E-state index in [4.69, 9.17) is 4.74 Å². The van der Waals surface area contributed by atoms with E-state index in [1.54, 1.807) is 0 Å². The minimum absolute atomic E-state index is 0.165. The van der Waals surface area contributed by atoms with E-state index in [2.05, 4.69) is 19.1 Å². The van der Waals surface area contributed by atoms with Gasteiger partial charge in [0.25, 0.3) is 0 Å². The molecule has 0 aromatic heterocycles. The van der Waals surface area contributed by atoms with Crippen LogP contribution in [0.2, 0.25) is 0 Å². The Balaban J connectivity index is 2.12. The summed E-state index contributed by atoms with van der Waals surface area (Å²) < 4.78 is 6.05. The number of rotatable bonds is 3. The number of aryl methyl sites for hydroxylation is 2. The van der Waals surface area contributed by atoms with Gasteiger partial charge >= 0.3 is 5.97 Å². The Bertz CT molecular complexity index is 661. The maximum atomic E-state index is 12.1. The highest BCUT2D eigenvalue weighted by Crippen LogP contribution is 2.53. The van der Waals surface area contributed by atoms with Gasteiger partial charge in [-0.25, -0.2) is 4.79 Å². The first-order valence-corrected chi connectivity index (χ1v) is 9.66. The normalized spacial score (nSPS) is 27.3. The fraction of sp³-hybridized carbons (Fsp3) is 0.682. The molecule has 2 aliphatic rings. The molecule has 0 aliphatic heterocycles. The highest BCUT2D eigenvalue weighted by molar-refractivity contribution is 5.76. The largest absolute Gasteiger partial charge is 0.479 e. The summed E-state index contributed by atoms with van der Waals surface area (Å²) in [6.07, 6.45) is 6.19. The molecule has 0 heterocycles. The number of hydrogen-bond acceptors (Lipinski definition) is 2. The molecule has 1 saturated carbocycles. The number of hydrogen-bond donors (Lipinski definition) is 1. The number of carboxylic acid groups (broad SMARTS) is 1. The van der Waals surface area contributed by atoms with E-state index in [0.29, 0.717) is 0 Å². The third kappa shape index (κ3) is 3.48. The number of aliphatic carboxylic acids is 1. The van der Waals surface area contributed by atoms with Gasteiger partial charge < -0.3 is 9.84 Å². The summed E-state index contributed by atoms with van der Waals surface area (Å²) in [6, 6.07) is 4.30. The fourth-order valence-electron chi connectivity index (χ4n) is 4.84. The van der Waals surface area contributed by atoms with Crippen molar-refractivity contribution in [2.45, 2.75) is 90.3 Å². The molecule has 0 bridgehead atoms. The SMILES string of the molecule is Cc1ccc2c(c1[C@H](OC(C)(C)C)C(=O)O)C1(CC2)CCC(C)CC1. The topological polar surface area (TPSA) is 46.5 Å². The van der Waals surface area contributed by atoms with Crippen molar-refractivity contribution in [1.29, 1.82) is 0 Å². The Morgan fingerprint density at radius 1 is 1.24 bits per heavy atom. The van der Waals surface area contributed by atoms with Crippen LogP contribution in [-0.2, 0) is 21.4 Å². The van der Waals surface area contributed by atoms with Gasteiger partial charge in [0.05, 0.1) is 5.60 Å². The quantitative estimate of drug-likeness (QED) is 0.806. The average molecular weight is 344 g/mol. The highest BCUT2D eigenvalue weighted by Gasteiger charge is 2.45. The summed E-state index contributed by atoms with van der Waals surface area (Å²) in [6.45, 7) is 10.2. The third-order valence-electron chi connectivity index (χ3n) is 6.14. The van der Waals surface area contributed by atoms with Crippen molar-refractivity contribution in [2.24, 2.45) is 5.92 Å². The van der Waals surface area contributed by atoms with Gasteiger partial charge in [-0.05, 0) is 99.8 Å². The van der Waals surface area contributed by atoms with Crippen molar-refractivity contribution in [1.82, 2.24) is 0 Å². The van der Waals surface area contributed by atoms with E-state index in [1.165, 1.54) is 36.8 Å². The van der Waals surface area contributed by atoms with Crippen molar-refractivity contribution in [2.75, 3.05) is 0 Å². The van der Waals surface area contributed by atoms with Gasteiger partial charge in [-0.15, -0.1) is 0 Å². The summed E-state index contributed by atoms with van der Waals surface area (Å²) in [5, 5.41) is 9.95. The van der Waals surface area contributed by atoms with Crippen LogP contribution < -0.4 is 0 Å². The van der Waals surface area contributed by atoms with Crippen molar-refractivity contribution in [3.8, 4) is 0 Å². The Kier molecular flexibility index (Phi) is 4.74. The zero-order valence-electron chi connectivity index (χ0n) is 16.3. The van der Waals surface area contributed by atoms with Crippen molar-refractivity contribution in [3.05, 3.63) is 34.4 Å². The minimum Gasteiger partial charge on any atom is -0.479 e. The Hall–Kier alpha value is -1.35. The number of ether oxygens (including phenoxy) is 1. The standard InChI is InChI=1S/C22H32O3/c1-14-8-11-22(12-9-14)13-10-16-7-6-15(2)17(18(16)22)19(20(23)24)25-21(3,4)5/h6-7,14,19H,8-13H2,1-5H3,(H,23,24)/t14?,19-,22?/m0/s1. The van der Waals surface area contributed by atoms with Gasteiger partial charge in [-0.2, -0.15) is 0 Å². The smallest absolute Gasteiger partial charge is 0.337 e. The average Bonchev–Trinajstić information content (AvgIpc) is 2.86. The first-order valence-electron chi connectivity index (χ1n) is 9.66. The first kappa shape index (κ1) is 18.4. The van der Waals surface area contributed by atoms with E-state index < -0.39 is 17.7 Å². The maximum absolute atomic E-state index is 12.1. The zero-order valence-corrected chi connectivity index (χ0v) is 16.3. The molecule has 1 N–H and O–H groups in total. The molecule has 1 aromatic rings. The van der Waals surface area contributed by atoms with Gasteiger partial charge in [-0.3, -0.25) is 0 Å². The molecule has 2 aliphatic carbocycles. The summed E-state index contributed by atoms with van der Waals surface area (Å²) in [7, 11) is 0. The lowest BCUT2D eigenvalue weighted by Crippen LogP contribution is -2.33. The molecule has 0 saturated heterocycles. The first-order chi connectivity index (χ1) is 11.6. The number of carbonyl (C=O) groups is 1. The van der Waals surface area contributed by atoms with E-state index in [0.717, 1.165) is 29.9 Å². The van der Waals surface area contributed by atoms with Crippen LogP contribution >= 0.6 is 0 Å². The van der Waals surface area contributed by atoms with Crippen LogP contribution in [0.1, 0.15) is 88.2 Å². The van der Waals surface area contributed by atoms with E-state index in [-0.39, 0.29) is 5.41 Å². The van der Waals surface area contributed by atoms with Crippen molar-refractivity contribution >= 4 is 5.97 Å². The second-order valence-corrected chi connectivity index (χ2v) is 9.24. The molecule has 25 heavy (non-hydrogen) atoms. The highest BCUT2D eigenvalue weighted by atomic mass is 16.5. The second kappa shape index (κ2) is 6.42. The van der Waals surface area contributed by atoms with Crippen LogP contribution in [0.3, 0.4) is 0 Å². The Morgan fingerprint density at radius 3 is 2.44 bits per heavy atom. The molecule has 1 aromatic carbocycles. The molecule has 138 valence electrons. The molecule has 0 amide bonds. The third-order valence-corrected chi connectivity index (χ3v) is 6.14. The Morgan fingerprint density at radius 2 is 1.88 bits per heavy atom. The van der Waals surface area contributed by atoms with Crippen LogP contribution in [-0.4, -0.2) is 16.7 Å². The summed E-state index contributed by atoms with van der Waals surface area (Å²) >= 11 is 0. The maximum Gasteiger partial charge on any atom is 0.337 e. The molecule has 3 nitrogen and oxygen atoms in total. The van der Waals surface area contributed by atoms with Crippen molar-refractivity contribution < 1.29 is 14.6 Å². The van der Waals surface area contributed by atoms with Crippen LogP contribution in [0, 0.1) is 12.8 Å². The van der Waals surface area contributed by atoms with E-state index in [1.807, 2.05) is 27.7 Å². The number of benzene rings is 1. The van der Waals surface area contributed by atoms with Crippen LogP contribution in [0.5, 0.6) is 0 Å². The molecule has 1 fully saturated rings. The Labute approximate surface area is 151 Å².